The third kappa shape index (κ3) is 6.02. The number of nitrogens with two attached hydrogens (primary N) is 1. The van der Waals surface area contributed by atoms with Crippen LogP contribution in [0.25, 0.3) is 0 Å². The first-order valence-corrected chi connectivity index (χ1v) is 5.06. The summed E-state index contributed by atoms with van der Waals surface area (Å²) in [4.78, 5) is 0. The molecule has 3 heteroatoms. The number of ether oxygens (including phenoxy) is 1. The summed E-state index contributed by atoms with van der Waals surface area (Å²) in [5.41, 5.74) is 2.89. The lowest BCUT2D eigenvalue weighted by Crippen LogP contribution is -2.41. The zero-order valence-electron chi connectivity index (χ0n) is 9.34. The van der Waals surface area contributed by atoms with E-state index in [0.717, 1.165) is 19.4 Å². The number of hydrazine groups is 1. The van der Waals surface area contributed by atoms with E-state index in [0.29, 0.717) is 17.9 Å². The molecular formula is C10H24N2O. The summed E-state index contributed by atoms with van der Waals surface area (Å²) in [6.45, 7) is 7.46. The fourth-order valence-electron chi connectivity index (χ4n) is 1.48. The highest BCUT2D eigenvalue weighted by Gasteiger charge is 2.16. The van der Waals surface area contributed by atoms with E-state index in [9.17, 15) is 0 Å². The van der Waals surface area contributed by atoms with Gasteiger partial charge in [0.15, 0.2) is 0 Å². The van der Waals surface area contributed by atoms with E-state index in [4.69, 9.17) is 10.6 Å². The van der Waals surface area contributed by atoms with Gasteiger partial charge in [-0.05, 0) is 24.7 Å². The maximum Gasteiger partial charge on any atom is 0.0465 e. The summed E-state index contributed by atoms with van der Waals surface area (Å²) in [7, 11) is 1.74. The Hall–Kier alpha value is -0.120. The number of methoxy groups -OCH3 is 1. The minimum Gasteiger partial charge on any atom is -0.385 e. The molecule has 0 fully saturated rings. The second-order valence-electron chi connectivity index (χ2n) is 4.16. The van der Waals surface area contributed by atoms with Crippen LogP contribution >= 0.6 is 0 Å². The van der Waals surface area contributed by atoms with Crippen molar-refractivity contribution in [2.24, 2.45) is 17.7 Å². The SMILES string of the molecule is COCCC(C)C(CC(C)C)NN. The zero-order valence-corrected chi connectivity index (χ0v) is 9.34. The minimum absolute atomic E-state index is 0.412. The highest BCUT2D eigenvalue weighted by atomic mass is 16.5. The minimum atomic E-state index is 0.412. The molecule has 0 amide bonds. The van der Waals surface area contributed by atoms with Gasteiger partial charge in [0.1, 0.15) is 0 Å². The molecule has 13 heavy (non-hydrogen) atoms. The van der Waals surface area contributed by atoms with Gasteiger partial charge in [0.25, 0.3) is 0 Å². The van der Waals surface area contributed by atoms with E-state index in [-0.39, 0.29) is 0 Å². The Labute approximate surface area is 82.0 Å². The molecule has 0 saturated carbocycles. The summed E-state index contributed by atoms with van der Waals surface area (Å²) in [6, 6.07) is 0.412. The van der Waals surface area contributed by atoms with Crippen LogP contribution in [0.2, 0.25) is 0 Å². The molecule has 2 atom stereocenters. The Morgan fingerprint density at radius 3 is 2.31 bits per heavy atom. The number of hydrogen-bond acceptors (Lipinski definition) is 3. The number of hydrogen-bond donors (Lipinski definition) is 2. The smallest absolute Gasteiger partial charge is 0.0465 e. The average molecular weight is 188 g/mol. The van der Waals surface area contributed by atoms with Gasteiger partial charge in [0.2, 0.25) is 0 Å². The standard InChI is InChI=1S/C10H24N2O/c1-8(2)7-10(12-11)9(3)5-6-13-4/h8-10,12H,5-7,11H2,1-4H3. The molecule has 0 bridgehead atoms. The summed E-state index contributed by atoms with van der Waals surface area (Å²) in [5.74, 6) is 6.77. The Bertz CT molecular complexity index is 117. The van der Waals surface area contributed by atoms with Crippen molar-refractivity contribution in [2.75, 3.05) is 13.7 Å². The van der Waals surface area contributed by atoms with Gasteiger partial charge in [-0.3, -0.25) is 11.3 Å². The summed E-state index contributed by atoms with van der Waals surface area (Å²) in [6.07, 6.45) is 2.19. The van der Waals surface area contributed by atoms with Crippen LogP contribution in [-0.2, 0) is 4.74 Å². The van der Waals surface area contributed by atoms with Crippen molar-refractivity contribution in [1.82, 2.24) is 5.43 Å². The molecule has 80 valence electrons. The Morgan fingerprint density at radius 2 is 1.92 bits per heavy atom. The Balaban J connectivity index is 3.77. The quantitative estimate of drug-likeness (QED) is 0.470. The zero-order chi connectivity index (χ0) is 10.3. The first kappa shape index (κ1) is 12.9. The van der Waals surface area contributed by atoms with Gasteiger partial charge in [-0.2, -0.15) is 0 Å². The predicted octanol–water partition coefficient (Wildman–Crippen LogP) is 1.54. The number of rotatable bonds is 7. The van der Waals surface area contributed by atoms with Gasteiger partial charge in [0, 0.05) is 19.8 Å². The molecule has 0 aromatic rings. The van der Waals surface area contributed by atoms with Gasteiger partial charge in [-0.15, -0.1) is 0 Å². The van der Waals surface area contributed by atoms with E-state index in [2.05, 4.69) is 26.2 Å². The molecule has 3 nitrogen and oxygen atoms in total. The van der Waals surface area contributed by atoms with E-state index >= 15 is 0 Å². The average Bonchev–Trinajstić information content (AvgIpc) is 2.09. The van der Waals surface area contributed by atoms with Crippen LogP contribution in [0.1, 0.15) is 33.6 Å². The monoisotopic (exact) mass is 188 g/mol. The van der Waals surface area contributed by atoms with Crippen molar-refractivity contribution < 1.29 is 4.74 Å². The van der Waals surface area contributed by atoms with E-state index < -0.39 is 0 Å². The van der Waals surface area contributed by atoms with Gasteiger partial charge in [0.05, 0.1) is 0 Å². The van der Waals surface area contributed by atoms with Gasteiger partial charge >= 0.3 is 0 Å². The summed E-state index contributed by atoms with van der Waals surface area (Å²) < 4.78 is 5.04. The maximum atomic E-state index is 5.50. The van der Waals surface area contributed by atoms with Crippen LogP contribution in [0.15, 0.2) is 0 Å². The molecule has 0 heterocycles. The highest BCUT2D eigenvalue weighted by Crippen LogP contribution is 2.15. The van der Waals surface area contributed by atoms with Crippen LogP contribution in [0.4, 0.5) is 0 Å². The van der Waals surface area contributed by atoms with Gasteiger partial charge in [-0.25, -0.2) is 0 Å². The van der Waals surface area contributed by atoms with Crippen molar-refractivity contribution >= 4 is 0 Å². The molecule has 2 unspecified atom stereocenters. The molecular weight excluding hydrogens is 164 g/mol. The second-order valence-corrected chi connectivity index (χ2v) is 4.16. The van der Waals surface area contributed by atoms with Crippen molar-refractivity contribution in [2.45, 2.75) is 39.7 Å². The summed E-state index contributed by atoms with van der Waals surface area (Å²) in [5, 5.41) is 0. The second kappa shape index (κ2) is 7.30. The third-order valence-corrected chi connectivity index (χ3v) is 2.40. The first-order chi connectivity index (χ1) is 6.11. The van der Waals surface area contributed by atoms with Crippen LogP contribution in [-0.4, -0.2) is 19.8 Å². The van der Waals surface area contributed by atoms with Gasteiger partial charge in [-0.1, -0.05) is 20.8 Å². The molecule has 0 aliphatic rings. The third-order valence-electron chi connectivity index (χ3n) is 2.40. The molecule has 0 aliphatic heterocycles. The molecule has 0 radical (unpaired) electrons. The largest absolute Gasteiger partial charge is 0.385 e. The number of nitrogens with one attached hydrogen (secondary N) is 1. The van der Waals surface area contributed by atoms with E-state index in [1.165, 1.54) is 0 Å². The fourth-order valence-corrected chi connectivity index (χ4v) is 1.48. The normalized spacial score (nSPS) is 16.2. The summed E-state index contributed by atoms with van der Waals surface area (Å²) >= 11 is 0. The molecule has 0 aromatic heterocycles. The van der Waals surface area contributed by atoms with Crippen LogP contribution in [0.3, 0.4) is 0 Å². The molecule has 0 aliphatic carbocycles. The molecule has 0 saturated heterocycles. The lowest BCUT2D eigenvalue weighted by atomic mass is 9.92. The Kier molecular flexibility index (Phi) is 7.23. The van der Waals surface area contributed by atoms with E-state index in [1.807, 2.05) is 0 Å². The fraction of sp³-hybridized carbons (Fsp3) is 1.00. The lowest BCUT2D eigenvalue weighted by molar-refractivity contribution is 0.166. The molecule has 3 N–H and O–H groups in total. The van der Waals surface area contributed by atoms with Crippen molar-refractivity contribution in [1.29, 1.82) is 0 Å². The highest BCUT2D eigenvalue weighted by molar-refractivity contribution is 4.72. The van der Waals surface area contributed by atoms with Crippen molar-refractivity contribution in [3.63, 3.8) is 0 Å². The van der Waals surface area contributed by atoms with Crippen LogP contribution in [0, 0.1) is 11.8 Å². The van der Waals surface area contributed by atoms with Crippen LogP contribution < -0.4 is 11.3 Å². The lowest BCUT2D eigenvalue weighted by Gasteiger charge is -2.24. The van der Waals surface area contributed by atoms with Crippen molar-refractivity contribution in [3.05, 3.63) is 0 Å². The molecule has 0 rings (SSSR count). The predicted molar refractivity (Wildman–Crippen MR) is 56.2 cm³/mol. The molecule has 0 spiro atoms. The van der Waals surface area contributed by atoms with Gasteiger partial charge < -0.3 is 4.74 Å². The maximum absolute atomic E-state index is 5.50. The van der Waals surface area contributed by atoms with Crippen LogP contribution in [0.5, 0.6) is 0 Å². The first-order valence-electron chi connectivity index (χ1n) is 5.06. The molecule has 0 aromatic carbocycles. The van der Waals surface area contributed by atoms with E-state index in [1.54, 1.807) is 7.11 Å². The Morgan fingerprint density at radius 1 is 1.31 bits per heavy atom. The van der Waals surface area contributed by atoms with Crippen molar-refractivity contribution in [3.8, 4) is 0 Å². The topological polar surface area (TPSA) is 47.3 Å².